The van der Waals surface area contributed by atoms with Gasteiger partial charge in [0.05, 0.1) is 16.1 Å². The lowest BCUT2D eigenvalue weighted by atomic mass is 10.1. The molecule has 4 aromatic rings. The zero-order valence-electron chi connectivity index (χ0n) is 14.7. The van der Waals surface area contributed by atoms with E-state index in [1.54, 1.807) is 37.3 Å². The molecule has 0 aliphatic heterocycles. The van der Waals surface area contributed by atoms with Gasteiger partial charge in [-0.3, -0.25) is 0 Å². The van der Waals surface area contributed by atoms with Gasteiger partial charge in [-0.1, -0.05) is 36.4 Å². The first-order valence-electron chi connectivity index (χ1n) is 8.46. The van der Waals surface area contributed by atoms with Gasteiger partial charge in [0.15, 0.2) is 0 Å². The highest BCUT2D eigenvalue weighted by molar-refractivity contribution is 7.91. The minimum absolute atomic E-state index is 0.144. The summed E-state index contributed by atoms with van der Waals surface area (Å²) < 4.78 is 26.1. The minimum atomic E-state index is -3.69. The molecule has 2 aromatic carbocycles. The van der Waals surface area contributed by atoms with Crippen LogP contribution in [0.25, 0.3) is 22.3 Å². The monoisotopic (exact) mass is 378 g/mol. The standard InChI is InChI=1S/C20H18N4O2S/c1-13-23-18(15-7-5-6-14(10-15)11-21)20-19(24-13)17(12-22-20)27(25,26)16-8-3-2-4-9-16/h2-10,12,22H,11,21H2,1H3. The van der Waals surface area contributed by atoms with Crippen LogP contribution in [0.4, 0.5) is 0 Å². The fraction of sp³-hybridized carbons (Fsp3) is 0.100. The van der Waals surface area contributed by atoms with Gasteiger partial charge >= 0.3 is 0 Å². The Labute approximate surface area is 157 Å². The van der Waals surface area contributed by atoms with Gasteiger partial charge in [-0.05, 0) is 30.7 Å². The molecule has 2 heterocycles. The lowest BCUT2D eigenvalue weighted by molar-refractivity contribution is 0.597. The van der Waals surface area contributed by atoms with Crippen LogP contribution in [0.5, 0.6) is 0 Å². The quantitative estimate of drug-likeness (QED) is 0.568. The van der Waals surface area contributed by atoms with Crippen molar-refractivity contribution < 1.29 is 8.42 Å². The van der Waals surface area contributed by atoms with Crippen molar-refractivity contribution in [2.45, 2.75) is 23.3 Å². The number of sulfone groups is 1. The molecular weight excluding hydrogens is 360 g/mol. The molecule has 0 aliphatic rings. The van der Waals surface area contributed by atoms with Crippen LogP contribution >= 0.6 is 0 Å². The van der Waals surface area contributed by atoms with Crippen LogP contribution in [0.15, 0.2) is 70.6 Å². The number of hydrogen-bond acceptors (Lipinski definition) is 5. The predicted molar refractivity (Wildman–Crippen MR) is 104 cm³/mol. The molecule has 7 heteroatoms. The van der Waals surface area contributed by atoms with Gasteiger partial charge in [0.2, 0.25) is 9.84 Å². The molecule has 0 radical (unpaired) electrons. The highest BCUT2D eigenvalue weighted by Crippen LogP contribution is 2.32. The summed E-state index contributed by atoms with van der Waals surface area (Å²) in [6.07, 6.45) is 1.48. The van der Waals surface area contributed by atoms with E-state index < -0.39 is 9.84 Å². The topological polar surface area (TPSA) is 102 Å². The van der Waals surface area contributed by atoms with Crippen molar-refractivity contribution >= 4 is 20.9 Å². The molecule has 0 spiro atoms. The van der Waals surface area contributed by atoms with E-state index >= 15 is 0 Å². The fourth-order valence-corrected chi connectivity index (χ4v) is 4.47. The maximum absolute atomic E-state index is 13.1. The van der Waals surface area contributed by atoms with E-state index in [1.807, 2.05) is 24.3 Å². The van der Waals surface area contributed by atoms with E-state index in [9.17, 15) is 8.42 Å². The van der Waals surface area contributed by atoms with Gasteiger partial charge in [-0.25, -0.2) is 18.4 Å². The van der Waals surface area contributed by atoms with Gasteiger partial charge in [-0.15, -0.1) is 0 Å². The van der Waals surface area contributed by atoms with E-state index in [0.717, 1.165) is 11.1 Å². The average Bonchev–Trinajstić information content (AvgIpc) is 3.12. The first-order valence-corrected chi connectivity index (χ1v) is 9.94. The van der Waals surface area contributed by atoms with Crippen LogP contribution < -0.4 is 5.73 Å². The summed E-state index contributed by atoms with van der Waals surface area (Å²) in [7, 11) is -3.69. The van der Waals surface area contributed by atoms with Gasteiger partial charge in [0.25, 0.3) is 0 Å². The van der Waals surface area contributed by atoms with Crippen LogP contribution in [0.1, 0.15) is 11.4 Å². The van der Waals surface area contributed by atoms with Crippen molar-refractivity contribution in [3.05, 3.63) is 72.2 Å². The molecule has 6 nitrogen and oxygen atoms in total. The Morgan fingerprint density at radius 1 is 1.04 bits per heavy atom. The Morgan fingerprint density at radius 2 is 1.81 bits per heavy atom. The largest absolute Gasteiger partial charge is 0.357 e. The van der Waals surface area contributed by atoms with E-state index in [-0.39, 0.29) is 9.79 Å². The average molecular weight is 378 g/mol. The summed E-state index contributed by atoms with van der Waals surface area (Å²) in [4.78, 5) is 12.4. The molecule has 27 heavy (non-hydrogen) atoms. The summed E-state index contributed by atoms with van der Waals surface area (Å²) >= 11 is 0. The van der Waals surface area contributed by atoms with Crippen molar-refractivity contribution in [2.24, 2.45) is 5.73 Å². The third-order valence-corrected chi connectivity index (χ3v) is 6.16. The molecule has 0 atom stereocenters. The van der Waals surface area contributed by atoms with Crippen molar-refractivity contribution in [2.75, 3.05) is 0 Å². The third kappa shape index (κ3) is 3.01. The lowest BCUT2D eigenvalue weighted by Crippen LogP contribution is -2.02. The minimum Gasteiger partial charge on any atom is -0.357 e. The maximum Gasteiger partial charge on any atom is 0.210 e. The van der Waals surface area contributed by atoms with E-state index in [1.165, 1.54) is 6.20 Å². The Bertz CT molecular complexity index is 1230. The zero-order valence-corrected chi connectivity index (χ0v) is 15.5. The van der Waals surface area contributed by atoms with Crippen molar-refractivity contribution in [3.63, 3.8) is 0 Å². The Morgan fingerprint density at radius 3 is 2.56 bits per heavy atom. The summed E-state index contributed by atoms with van der Waals surface area (Å²) in [6.45, 7) is 2.17. The number of H-pyrrole nitrogens is 1. The Kier molecular flexibility index (Phi) is 4.25. The fourth-order valence-electron chi connectivity index (χ4n) is 3.08. The Hall–Kier alpha value is -3.03. The van der Waals surface area contributed by atoms with E-state index in [0.29, 0.717) is 29.1 Å². The number of benzene rings is 2. The second-order valence-corrected chi connectivity index (χ2v) is 8.14. The van der Waals surface area contributed by atoms with Crippen LogP contribution in [0.3, 0.4) is 0 Å². The number of nitrogens with zero attached hydrogens (tertiary/aromatic N) is 2. The third-order valence-electron chi connectivity index (χ3n) is 4.38. The number of nitrogens with one attached hydrogen (secondary N) is 1. The summed E-state index contributed by atoms with van der Waals surface area (Å²) in [5, 5.41) is 0. The lowest BCUT2D eigenvalue weighted by Gasteiger charge is -2.07. The van der Waals surface area contributed by atoms with Crippen LogP contribution in [-0.4, -0.2) is 23.4 Å². The molecular formula is C20H18N4O2S. The van der Waals surface area contributed by atoms with Gasteiger partial charge in [0.1, 0.15) is 16.2 Å². The molecule has 4 rings (SSSR count). The van der Waals surface area contributed by atoms with Crippen molar-refractivity contribution in [1.29, 1.82) is 0 Å². The molecule has 0 unspecified atom stereocenters. The second kappa shape index (κ2) is 6.61. The molecule has 0 saturated carbocycles. The zero-order chi connectivity index (χ0) is 19.0. The van der Waals surface area contributed by atoms with Gasteiger partial charge in [-0.2, -0.15) is 0 Å². The number of fused-ring (bicyclic) bond motifs is 1. The molecule has 0 saturated heterocycles. The number of aryl methyl sites for hydroxylation is 1. The molecule has 136 valence electrons. The van der Waals surface area contributed by atoms with E-state index in [4.69, 9.17) is 5.73 Å². The normalized spacial score (nSPS) is 11.8. The van der Waals surface area contributed by atoms with Crippen LogP contribution in [0, 0.1) is 6.92 Å². The highest BCUT2D eigenvalue weighted by Gasteiger charge is 2.24. The molecule has 0 amide bonds. The number of rotatable bonds is 4. The molecule has 0 aliphatic carbocycles. The first-order chi connectivity index (χ1) is 13.0. The second-order valence-electron chi connectivity index (χ2n) is 6.22. The highest BCUT2D eigenvalue weighted by atomic mass is 32.2. The number of hydrogen-bond donors (Lipinski definition) is 2. The molecule has 0 fully saturated rings. The molecule has 0 bridgehead atoms. The van der Waals surface area contributed by atoms with Crippen LogP contribution in [0.2, 0.25) is 0 Å². The number of aromatic nitrogens is 3. The Balaban J connectivity index is 1.96. The number of aromatic amines is 1. The maximum atomic E-state index is 13.1. The first kappa shape index (κ1) is 17.4. The van der Waals surface area contributed by atoms with E-state index in [2.05, 4.69) is 15.0 Å². The molecule has 3 N–H and O–H groups in total. The van der Waals surface area contributed by atoms with Crippen molar-refractivity contribution in [1.82, 2.24) is 15.0 Å². The summed E-state index contributed by atoms with van der Waals surface area (Å²) in [6, 6.07) is 16.1. The predicted octanol–water partition coefficient (Wildman–Crippen LogP) is 3.22. The summed E-state index contributed by atoms with van der Waals surface area (Å²) in [5.41, 5.74) is 9.21. The molecule has 2 aromatic heterocycles. The van der Waals surface area contributed by atoms with Crippen LogP contribution in [-0.2, 0) is 16.4 Å². The number of nitrogens with two attached hydrogens (primary N) is 1. The van der Waals surface area contributed by atoms with Crippen molar-refractivity contribution in [3.8, 4) is 11.3 Å². The van der Waals surface area contributed by atoms with Gasteiger partial charge < -0.3 is 10.7 Å². The SMILES string of the molecule is Cc1nc(-c2cccc(CN)c2)c2[nH]cc(S(=O)(=O)c3ccccc3)c2n1. The summed E-state index contributed by atoms with van der Waals surface area (Å²) in [5.74, 6) is 0.500. The van der Waals surface area contributed by atoms with Gasteiger partial charge in [0, 0.05) is 18.3 Å². The smallest absolute Gasteiger partial charge is 0.210 e.